The number of halogens is 1. The molecule has 6 nitrogen and oxygen atoms in total. The molecule has 2 amide bonds. The van der Waals surface area contributed by atoms with Crippen molar-refractivity contribution in [3.05, 3.63) is 41.2 Å². The molecule has 1 fully saturated rings. The monoisotopic (exact) mass is 460 g/mol. The van der Waals surface area contributed by atoms with Crippen LogP contribution in [0.15, 0.2) is 24.3 Å². The van der Waals surface area contributed by atoms with E-state index < -0.39 is 5.60 Å². The van der Waals surface area contributed by atoms with E-state index in [2.05, 4.69) is 6.08 Å². The summed E-state index contributed by atoms with van der Waals surface area (Å²) >= 11 is 0. The number of benzene rings is 1. The van der Waals surface area contributed by atoms with E-state index in [1.54, 1.807) is 31.1 Å². The van der Waals surface area contributed by atoms with Crippen molar-refractivity contribution in [2.24, 2.45) is 5.92 Å². The molecular formula is C26H37FN2O4. The quantitative estimate of drug-likeness (QED) is 0.611. The zero-order valence-electron chi connectivity index (χ0n) is 20.5. The molecule has 2 aliphatic rings. The summed E-state index contributed by atoms with van der Waals surface area (Å²) in [5.41, 5.74) is 1.43. The topological polar surface area (TPSA) is 59.1 Å². The van der Waals surface area contributed by atoms with E-state index in [-0.39, 0.29) is 23.9 Å². The van der Waals surface area contributed by atoms with E-state index in [0.717, 1.165) is 37.7 Å². The number of allylic oxidation sites excluding steroid dienone is 1. The fourth-order valence-electron chi connectivity index (χ4n) is 4.25. The van der Waals surface area contributed by atoms with Gasteiger partial charge in [-0.3, -0.25) is 4.79 Å². The van der Waals surface area contributed by atoms with Crippen LogP contribution in [0.5, 0.6) is 0 Å². The Morgan fingerprint density at radius 2 is 1.85 bits per heavy atom. The number of carbonyl (C=O) groups excluding carboxylic acids is 2. The maximum atomic E-state index is 14.6. The first-order valence-corrected chi connectivity index (χ1v) is 11.8. The van der Waals surface area contributed by atoms with Gasteiger partial charge in [0.15, 0.2) is 0 Å². The van der Waals surface area contributed by atoms with Gasteiger partial charge in [0.2, 0.25) is 0 Å². The molecule has 3 rings (SSSR count). The maximum absolute atomic E-state index is 14.6. The number of carbonyl (C=O) groups is 2. The van der Waals surface area contributed by atoms with Gasteiger partial charge in [-0.1, -0.05) is 12.1 Å². The Balaban J connectivity index is 1.45. The predicted molar refractivity (Wildman–Crippen MR) is 127 cm³/mol. The molecule has 1 aliphatic heterocycles. The van der Waals surface area contributed by atoms with Crippen LogP contribution >= 0.6 is 0 Å². The van der Waals surface area contributed by atoms with E-state index in [0.29, 0.717) is 36.7 Å². The molecule has 1 aromatic carbocycles. The zero-order chi connectivity index (χ0) is 24.2. The summed E-state index contributed by atoms with van der Waals surface area (Å²) in [5, 5.41) is 0. The van der Waals surface area contributed by atoms with Gasteiger partial charge >= 0.3 is 6.09 Å². The van der Waals surface area contributed by atoms with Crippen molar-refractivity contribution in [3.63, 3.8) is 0 Å². The fraction of sp³-hybridized carbons (Fsp3) is 0.615. The van der Waals surface area contributed by atoms with Crippen molar-refractivity contribution in [1.82, 2.24) is 9.80 Å². The molecule has 0 spiro atoms. The molecular weight excluding hydrogens is 423 g/mol. The van der Waals surface area contributed by atoms with Gasteiger partial charge < -0.3 is 19.3 Å². The lowest BCUT2D eigenvalue weighted by atomic mass is 9.91. The van der Waals surface area contributed by atoms with Crippen LogP contribution in [-0.2, 0) is 9.47 Å². The van der Waals surface area contributed by atoms with Crippen LogP contribution in [0.4, 0.5) is 9.18 Å². The van der Waals surface area contributed by atoms with Crippen LogP contribution in [0, 0.1) is 11.7 Å². The average Bonchev–Trinajstić information content (AvgIpc) is 2.76. The first-order chi connectivity index (χ1) is 15.5. The number of rotatable bonds is 5. The van der Waals surface area contributed by atoms with Crippen LogP contribution < -0.4 is 0 Å². The Kier molecular flexibility index (Phi) is 8.16. The minimum Gasteiger partial charge on any atom is -0.444 e. The fourth-order valence-corrected chi connectivity index (χ4v) is 4.25. The Hall–Kier alpha value is -2.41. The summed E-state index contributed by atoms with van der Waals surface area (Å²) in [7, 11) is 3.31. The molecule has 1 heterocycles. The second kappa shape index (κ2) is 10.7. The van der Waals surface area contributed by atoms with Crippen molar-refractivity contribution < 1.29 is 23.5 Å². The molecule has 0 radical (unpaired) electrons. The van der Waals surface area contributed by atoms with Crippen molar-refractivity contribution in [2.45, 2.75) is 64.6 Å². The van der Waals surface area contributed by atoms with E-state index >= 15 is 0 Å². The summed E-state index contributed by atoms with van der Waals surface area (Å²) in [6.07, 6.45) is 6.13. The number of amides is 2. The second-order valence-corrected chi connectivity index (χ2v) is 10.3. The van der Waals surface area contributed by atoms with Gasteiger partial charge in [-0.05, 0) is 76.5 Å². The van der Waals surface area contributed by atoms with E-state index in [1.165, 1.54) is 11.0 Å². The Morgan fingerprint density at radius 1 is 1.15 bits per heavy atom. The second-order valence-electron chi connectivity index (χ2n) is 10.3. The number of nitrogens with zero attached hydrogens (tertiary/aromatic N) is 2. The van der Waals surface area contributed by atoms with Crippen molar-refractivity contribution in [2.75, 3.05) is 33.8 Å². The summed E-state index contributed by atoms with van der Waals surface area (Å²) in [6.45, 7) is 7.72. The molecule has 0 aromatic heterocycles. The normalized spacial score (nSPS) is 19.8. The number of hydrogen-bond acceptors (Lipinski definition) is 4. The van der Waals surface area contributed by atoms with Gasteiger partial charge in [0.25, 0.3) is 5.91 Å². The summed E-state index contributed by atoms with van der Waals surface area (Å²) in [5.74, 6) is -0.123. The van der Waals surface area contributed by atoms with Crippen molar-refractivity contribution >= 4 is 17.6 Å². The lowest BCUT2D eigenvalue weighted by Gasteiger charge is -2.34. The first-order valence-electron chi connectivity index (χ1n) is 11.8. The van der Waals surface area contributed by atoms with Gasteiger partial charge in [-0.25, -0.2) is 9.18 Å². The molecule has 0 bridgehead atoms. The maximum Gasteiger partial charge on any atom is 0.410 e. The molecule has 1 atom stereocenters. The number of likely N-dealkylation sites (tertiary alicyclic amines) is 1. The molecule has 1 unspecified atom stereocenters. The van der Waals surface area contributed by atoms with Crippen LogP contribution in [0.2, 0.25) is 0 Å². The van der Waals surface area contributed by atoms with E-state index in [4.69, 9.17) is 9.47 Å². The standard InChI is InChI=1S/C26H37FN2O4/c1-26(2,3)33-25(31)29-14-12-18(13-15-29)17-32-21-9-6-19(7-10-21)22-11-8-20(16-23(22)27)24(30)28(4)5/h6,8,11,16,18,21H,7,9-10,12-15,17H2,1-5H3. The molecule has 7 heteroatoms. The summed E-state index contributed by atoms with van der Waals surface area (Å²) < 4.78 is 26.3. The molecule has 1 aliphatic carbocycles. The minimum absolute atomic E-state index is 0.135. The Bertz CT molecular complexity index is 883. The zero-order valence-corrected chi connectivity index (χ0v) is 20.5. The Morgan fingerprint density at radius 3 is 2.39 bits per heavy atom. The van der Waals surface area contributed by atoms with Gasteiger partial charge in [0.1, 0.15) is 11.4 Å². The van der Waals surface area contributed by atoms with Crippen LogP contribution in [-0.4, -0.2) is 67.3 Å². The third-order valence-electron chi connectivity index (χ3n) is 6.16. The molecule has 0 saturated carbocycles. The predicted octanol–water partition coefficient (Wildman–Crippen LogP) is 5.13. The third kappa shape index (κ3) is 7.03. The van der Waals surface area contributed by atoms with Crippen LogP contribution in [0.3, 0.4) is 0 Å². The number of ether oxygens (including phenoxy) is 2. The summed E-state index contributed by atoms with van der Waals surface area (Å²) in [4.78, 5) is 27.5. The van der Waals surface area contributed by atoms with Gasteiger partial charge in [-0.15, -0.1) is 0 Å². The van der Waals surface area contributed by atoms with Crippen LogP contribution in [0.25, 0.3) is 5.57 Å². The number of hydrogen-bond donors (Lipinski definition) is 0. The Labute approximate surface area is 196 Å². The van der Waals surface area contributed by atoms with Gasteiger partial charge in [0.05, 0.1) is 6.10 Å². The molecule has 0 N–H and O–H groups in total. The lowest BCUT2D eigenvalue weighted by molar-refractivity contribution is -0.00378. The third-order valence-corrected chi connectivity index (χ3v) is 6.16. The van der Waals surface area contributed by atoms with E-state index in [9.17, 15) is 14.0 Å². The highest BCUT2D eigenvalue weighted by atomic mass is 19.1. The highest BCUT2D eigenvalue weighted by molar-refractivity contribution is 5.94. The van der Waals surface area contributed by atoms with E-state index in [1.807, 2.05) is 20.8 Å². The highest BCUT2D eigenvalue weighted by Gasteiger charge is 2.28. The number of piperidine rings is 1. The van der Waals surface area contributed by atoms with Crippen molar-refractivity contribution in [3.8, 4) is 0 Å². The van der Waals surface area contributed by atoms with Crippen molar-refractivity contribution in [1.29, 1.82) is 0 Å². The summed E-state index contributed by atoms with van der Waals surface area (Å²) in [6, 6.07) is 4.72. The van der Waals surface area contributed by atoms with Gasteiger partial charge in [-0.2, -0.15) is 0 Å². The SMILES string of the molecule is CN(C)C(=O)c1ccc(C2=CCC(OCC3CCN(C(=O)OC(C)(C)C)CC3)CC2)c(F)c1. The lowest BCUT2D eigenvalue weighted by Crippen LogP contribution is -2.42. The molecule has 1 saturated heterocycles. The van der Waals surface area contributed by atoms with Crippen LogP contribution in [0.1, 0.15) is 68.8 Å². The molecule has 33 heavy (non-hydrogen) atoms. The molecule has 1 aromatic rings. The first kappa shape index (κ1) is 25.2. The molecule has 182 valence electrons. The minimum atomic E-state index is -0.473. The smallest absolute Gasteiger partial charge is 0.410 e. The average molecular weight is 461 g/mol. The largest absolute Gasteiger partial charge is 0.444 e. The van der Waals surface area contributed by atoms with Gasteiger partial charge in [0, 0.05) is 44.9 Å². The highest BCUT2D eigenvalue weighted by Crippen LogP contribution is 2.31.